The molecule has 0 bridgehead atoms. The summed E-state index contributed by atoms with van der Waals surface area (Å²) in [5.41, 5.74) is 8.01. The number of benzene rings is 8. The SMILES string of the molecule is CCO[Si](C)(C)CCCCC(=O)CCCc1ccc2ccc3cccc4ccc1c2c34.CCO[Si](C)(C)CCCN.O=C(O)CCCc1ccc2ccc3cccc4ccc1c2c34. The predicted octanol–water partition coefficient (Wildman–Crippen LogP) is 14.5. The van der Waals surface area contributed by atoms with E-state index in [4.69, 9.17) is 19.7 Å². The second kappa shape index (κ2) is 22.3. The third-order valence-corrected chi connectivity index (χ3v) is 17.8. The van der Waals surface area contributed by atoms with Gasteiger partial charge in [0.1, 0.15) is 5.78 Å². The molecule has 8 aromatic rings. The Morgan fingerprint density at radius 2 is 0.873 bits per heavy atom. The third kappa shape index (κ3) is 12.5. The first-order valence-electron chi connectivity index (χ1n) is 23.4. The maximum atomic E-state index is 12.4. The van der Waals surface area contributed by atoms with Gasteiger partial charge in [-0.15, -0.1) is 0 Å². The summed E-state index contributed by atoms with van der Waals surface area (Å²) in [5, 5.41) is 24.5. The molecule has 0 aliphatic heterocycles. The molecule has 3 N–H and O–H groups in total. The summed E-state index contributed by atoms with van der Waals surface area (Å²) in [4.78, 5) is 23.1. The zero-order valence-corrected chi connectivity index (χ0v) is 40.7. The Kier molecular flexibility index (Phi) is 16.9. The number of ketones is 1. The monoisotopic (exact) mass is 879 g/mol. The number of carboxylic acids is 1. The fourth-order valence-corrected chi connectivity index (χ4v) is 13.4. The fraction of sp³-hybridized carbons (Fsp3) is 0.382. The van der Waals surface area contributed by atoms with Crippen molar-refractivity contribution in [1.29, 1.82) is 0 Å². The number of carbonyl (C=O) groups is 2. The Labute approximate surface area is 377 Å². The number of Topliss-reactive ketones (excluding diaryl/α,β-unsaturated/α-hetero) is 1. The van der Waals surface area contributed by atoms with Gasteiger partial charge in [-0.3, -0.25) is 9.59 Å². The van der Waals surface area contributed by atoms with Crippen molar-refractivity contribution in [2.24, 2.45) is 5.73 Å². The Balaban J connectivity index is 0.000000179. The molecule has 0 aromatic heterocycles. The van der Waals surface area contributed by atoms with Crippen molar-refractivity contribution in [1.82, 2.24) is 0 Å². The summed E-state index contributed by atoms with van der Waals surface area (Å²) in [6.07, 6.45) is 8.23. The van der Waals surface area contributed by atoms with Crippen LogP contribution in [0.1, 0.15) is 76.3 Å². The molecule has 0 spiro atoms. The standard InChI is InChI=1S/C28H34O2Si.C20H16O2.C7H19NOSi/c1-4-30-31(2,3)20-6-5-12-25(29)13-8-9-21-14-15-24-17-16-22-10-7-11-23-18-19-26(21)28(24)27(22)23;21-18(22)6-2-3-13-7-8-16-10-9-14-4-1-5-15-11-12-17(13)20(16)19(14)15;1-4-9-10(2,3)7-5-6-8/h7,10-11,14-19H,4-6,8-9,12-13,20H2,1-3H3;1,4-5,7-12H,2-3,6H2,(H,21,22);4-8H2,1-3H3. The molecule has 0 fully saturated rings. The number of rotatable bonds is 20. The van der Waals surface area contributed by atoms with Gasteiger partial charge in [0.15, 0.2) is 16.6 Å². The minimum absolute atomic E-state index is 0.224. The predicted molar refractivity (Wildman–Crippen MR) is 274 cm³/mol. The van der Waals surface area contributed by atoms with E-state index >= 15 is 0 Å². The normalized spacial score (nSPS) is 12.0. The molecule has 0 atom stereocenters. The zero-order valence-electron chi connectivity index (χ0n) is 38.7. The molecule has 63 heavy (non-hydrogen) atoms. The van der Waals surface area contributed by atoms with Crippen molar-refractivity contribution in [2.45, 2.75) is 116 Å². The average Bonchev–Trinajstić information content (AvgIpc) is 3.26. The minimum atomic E-state index is -1.51. The second-order valence-electron chi connectivity index (χ2n) is 18.3. The number of carbonyl (C=O) groups excluding carboxylic acids is 1. The van der Waals surface area contributed by atoms with Crippen molar-refractivity contribution in [3.63, 3.8) is 0 Å². The molecule has 332 valence electrons. The summed E-state index contributed by atoms with van der Waals surface area (Å²) < 4.78 is 11.5. The Bertz CT molecular complexity index is 2690. The van der Waals surface area contributed by atoms with Crippen molar-refractivity contribution in [3.8, 4) is 0 Å². The van der Waals surface area contributed by atoms with E-state index in [-0.39, 0.29) is 6.42 Å². The first kappa shape index (κ1) is 47.8. The van der Waals surface area contributed by atoms with Crippen LogP contribution in [0.15, 0.2) is 109 Å². The van der Waals surface area contributed by atoms with Gasteiger partial charge >= 0.3 is 5.97 Å². The summed E-state index contributed by atoms with van der Waals surface area (Å²) in [6.45, 7) is 15.6. The van der Waals surface area contributed by atoms with E-state index in [2.05, 4.69) is 149 Å². The highest BCUT2D eigenvalue weighted by atomic mass is 28.4. The van der Waals surface area contributed by atoms with Gasteiger partial charge in [0.2, 0.25) is 0 Å². The summed E-state index contributed by atoms with van der Waals surface area (Å²) in [6, 6.07) is 41.7. The number of hydrogen-bond donors (Lipinski definition) is 2. The van der Waals surface area contributed by atoms with Crippen LogP contribution >= 0.6 is 0 Å². The lowest BCUT2D eigenvalue weighted by Gasteiger charge is -2.21. The molecule has 0 aliphatic carbocycles. The van der Waals surface area contributed by atoms with Crippen LogP contribution in [0.2, 0.25) is 38.3 Å². The van der Waals surface area contributed by atoms with E-state index in [1.165, 1.54) is 81.8 Å². The van der Waals surface area contributed by atoms with Gasteiger partial charge in [0.25, 0.3) is 0 Å². The average molecular weight is 880 g/mol. The number of carboxylic acid groups (broad SMARTS) is 1. The Morgan fingerprint density at radius 3 is 1.30 bits per heavy atom. The molecule has 8 heteroatoms. The van der Waals surface area contributed by atoms with Crippen LogP contribution < -0.4 is 5.73 Å². The molecular weight excluding hydrogens is 811 g/mol. The maximum Gasteiger partial charge on any atom is 0.303 e. The molecule has 0 heterocycles. The van der Waals surface area contributed by atoms with Gasteiger partial charge < -0.3 is 19.7 Å². The van der Waals surface area contributed by atoms with Crippen LogP contribution in [0.5, 0.6) is 0 Å². The summed E-state index contributed by atoms with van der Waals surface area (Å²) in [5.74, 6) is -0.314. The smallest absolute Gasteiger partial charge is 0.303 e. The molecule has 0 aliphatic rings. The topological polar surface area (TPSA) is 98.9 Å². The van der Waals surface area contributed by atoms with Crippen molar-refractivity contribution >= 4 is 93.0 Å². The number of hydrogen-bond acceptors (Lipinski definition) is 5. The van der Waals surface area contributed by atoms with Crippen molar-refractivity contribution < 1.29 is 23.5 Å². The Hall–Kier alpha value is -4.71. The molecule has 0 radical (unpaired) electrons. The van der Waals surface area contributed by atoms with Gasteiger partial charge in [-0.25, -0.2) is 0 Å². The van der Waals surface area contributed by atoms with Crippen molar-refractivity contribution in [2.75, 3.05) is 19.8 Å². The van der Waals surface area contributed by atoms with Crippen molar-refractivity contribution in [3.05, 3.63) is 120 Å². The van der Waals surface area contributed by atoms with E-state index in [1.54, 1.807) is 0 Å². The minimum Gasteiger partial charge on any atom is -0.481 e. The molecule has 0 saturated heterocycles. The fourth-order valence-electron chi connectivity index (χ4n) is 9.38. The highest BCUT2D eigenvalue weighted by Gasteiger charge is 2.21. The summed E-state index contributed by atoms with van der Waals surface area (Å²) >= 11 is 0. The maximum absolute atomic E-state index is 12.4. The van der Waals surface area contributed by atoms with Gasteiger partial charge in [-0.2, -0.15) is 0 Å². The summed E-state index contributed by atoms with van der Waals surface area (Å²) in [7, 11) is -2.81. The van der Waals surface area contributed by atoms with Gasteiger partial charge in [-0.1, -0.05) is 116 Å². The Morgan fingerprint density at radius 1 is 0.492 bits per heavy atom. The highest BCUT2D eigenvalue weighted by Crippen LogP contribution is 2.38. The second-order valence-corrected chi connectivity index (χ2v) is 26.9. The first-order valence-corrected chi connectivity index (χ1v) is 29.6. The highest BCUT2D eigenvalue weighted by molar-refractivity contribution is 6.71. The molecular formula is C55H69NO5Si2. The van der Waals surface area contributed by atoms with E-state index in [9.17, 15) is 9.59 Å². The van der Waals surface area contributed by atoms with E-state index in [1.807, 2.05) is 0 Å². The molecule has 6 nitrogen and oxygen atoms in total. The largest absolute Gasteiger partial charge is 0.481 e. The van der Waals surface area contributed by atoms with Gasteiger partial charge in [-0.05, 0) is 173 Å². The first-order chi connectivity index (χ1) is 30.3. The van der Waals surface area contributed by atoms with E-state index < -0.39 is 22.6 Å². The van der Waals surface area contributed by atoms with Crippen LogP contribution in [0.4, 0.5) is 0 Å². The quantitative estimate of drug-likeness (QED) is 0.0449. The van der Waals surface area contributed by atoms with Gasteiger partial charge in [0, 0.05) is 32.5 Å². The van der Waals surface area contributed by atoms with Gasteiger partial charge in [0.05, 0.1) is 0 Å². The molecule has 0 saturated carbocycles. The number of nitrogens with two attached hydrogens (primary N) is 1. The zero-order chi connectivity index (χ0) is 45.0. The van der Waals surface area contributed by atoms with Crippen LogP contribution in [0.25, 0.3) is 64.6 Å². The molecule has 0 unspecified atom stereocenters. The van der Waals surface area contributed by atoms with E-state index in [0.717, 1.165) is 70.7 Å². The van der Waals surface area contributed by atoms with Crippen LogP contribution in [-0.2, 0) is 31.3 Å². The van der Waals surface area contributed by atoms with Crippen LogP contribution in [-0.4, -0.2) is 53.3 Å². The lowest BCUT2D eigenvalue weighted by molar-refractivity contribution is -0.137. The number of aliphatic carboxylic acids is 1. The molecule has 0 amide bonds. The molecule has 8 aromatic carbocycles. The lowest BCUT2D eigenvalue weighted by Crippen LogP contribution is -2.30. The number of unbranched alkanes of at least 4 members (excludes halogenated alkanes) is 1. The van der Waals surface area contributed by atoms with Crippen LogP contribution in [0, 0.1) is 0 Å². The van der Waals surface area contributed by atoms with E-state index in [0.29, 0.717) is 18.6 Å². The third-order valence-electron chi connectivity index (χ3n) is 12.5. The van der Waals surface area contributed by atoms with Crippen LogP contribution in [0.3, 0.4) is 0 Å². The number of aryl methyl sites for hydroxylation is 2. The lowest BCUT2D eigenvalue weighted by atomic mass is 9.90. The molecule has 8 rings (SSSR count).